The number of fused-ring (bicyclic) bond motifs is 13. The number of nitrogens with zero attached hydrogens (tertiary/aromatic N) is 3. The van der Waals surface area contributed by atoms with Gasteiger partial charge in [-0.2, -0.15) is 0 Å². The minimum absolute atomic E-state index is 0.00678. The molecule has 0 amide bonds. The van der Waals surface area contributed by atoms with Gasteiger partial charge in [0.15, 0.2) is 0 Å². The number of thiophene rings is 1. The molecule has 19 aromatic rings. The number of hydrogen-bond acceptors (Lipinski definition) is 3. The summed E-state index contributed by atoms with van der Waals surface area (Å²) in [5, 5.41) is 14.7. The molecule has 0 N–H and O–H groups in total. The normalized spacial score (nSPS) is 13.5. The first-order valence-corrected chi connectivity index (χ1v) is 39.2. The molecule has 0 radical (unpaired) electrons. The average Bonchev–Trinajstić information content (AvgIpc) is 1.19. The molecule has 109 heavy (non-hydrogen) atoms. The zero-order chi connectivity index (χ0) is 76.1. The molecule has 3 nitrogen and oxygen atoms in total. The van der Waals surface area contributed by atoms with Gasteiger partial charge in [-0.15, -0.1) is 11.3 Å². The van der Waals surface area contributed by atoms with Crippen LogP contribution in [0.4, 0.5) is 34.1 Å². The zero-order valence-corrected chi connectivity index (χ0v) is 63.5. The average molecular weight is 1420 g/mol. The van der Waals surface area contributed by atoms with Gasteiger partial charge in [0.05, 0.1) is 32.2 Å². The largest absolute Gasteiger partial charge is 0.310 e. The van der Waals surface area contributed by atoms with Crippen molar-refractivity contribution in [1.82, 2.24) is 4.57 Å². The lowest BCUT2D eigenvalue weighted by atomic mass is 9.36. The summed E-state index contributed by atoms with van der Waals surface area (Å²) in [6.07, 6.45) is 0. The second kappa shape index (κ2) is 24.1. The predicted molar refractivity (Wildman–Crippen MR) is 472 cm³/mol. The van der Waals surface area contributed by atoms with Gasteiger partial charge in [-0.25, -0.2) is 0 Å². The van der Waals surface area contributed by atoms with Crippen molar-refractivity contribution >= 4 is 154 Å². The summed E-state index contributed by atoms with van der Waals surface area (Å²) in [5.41, 5.74) is 22.3. The summed E-state index contributed by atoms with van der Waals surface area (Å²) in [6, 6.07) is 112. The minimum atomic E-state index is -0.684. The fourth-order valence-corrected chi connectivity index (χ4v) is 19.6. The fourth-order valence-electron chi connectivity index (χ4n) is 18.1. The van der Waals surface area contributed by atoms with E-state index in [2.05, 4.69) is 380 Å². The highest BCUT2D eigenvalue weighted by molar-refractivity contribution is 7.34. The van der Waals surface area contributed by atoms with Gasteiger partial charge in [0, 0.05) is 76.0 Å². The third kappa shape index (κ3) is 10.1. The van der Waals surface area contributed by atoms with Crippen molar-refractivity contribution in [3.05, 3.63) is 338 Å². The maximum atomic E-state index is 12.1. The van der Waals surface area contributed by atoms with Gasteiger partial charge in [-0.05, 0) is 192 Å². The molecule has 5 heteroatoms. The molecule has 0 saturated heterocycles. The lowest BCUT2D eigenvalue weighted by molar-refractivity contribution is 0.590. The molecule has 0 unspecified atom stereocenters. The monoisotopic (exact) mass is 1420 g/mol. The molecule has 2 aliphatic rings. The lowest BCUT2D eigenvalue weighted by Crippen LogP contribution is -2.60. The van der Waals surface area contributed by atoms with Crippen LogP contribution in [0.3, 0.4) is 0 Å². The SMILES string of the molecule is [2H]c1c([2H])c(-n2c3ccccc3c3cc4ccc5cccc6ccc(c4c56)c32)c([2H])c2c1B1c3sc4c(-c5ccc6ccc7ccccc7c6c5)cccc4c3N(c3c(-c4ccccc4)cc(C(C)(C)C)cc3-c3ccccc3)c3cc(C(C)(C)C)cc(c31)N2c1c(-c2ccccc2)cc(C(C)(C)C)cc1-c1ccccc1. The number of aromatic nitrogens is 1. The van der Waals surface area contributed by atoms with Crippen LogP contribution in [0.5, 0.6) is 0 Å². The quantitative estimate of drug-likeness (QED) is 0.111. The molecule has 0 spiro atoms. The van der Waals surface area contributed by atoms with Crippen LogP contribution < -0.4 is 25.5 Å². The van der Waals surface area contributed by atoms with Gasteiger partial charge in [-0.3, -0.25) is 0 Å². The minimum Gasteiger partial charge on any atom is -0.310 e. The maximum Gasteiger partial charge on any atom is 0.264 e. The summed E-state index contributed by atoms with van der Waals surface area (Å²) in [4.78, 5) is 5.11. The van der Waals surface area contributed by atoms with Crippen LogP contribution >= 0.6 is 11.3 Å². The molecule has 0 bridgehead atoms. The summed E-state index contributed by atoms with van der Waals surface area (Å²) in [6.45, 7) is 20.2. The second-order valence-corrected chi connectivity index (χ2v) is 34.3. The van der Waals surface area contributed by atoms with E-state index in [1.54, 1.807) is 0 Å². The fraction of sp³-hybridized carbons (Fsp3) is 0.115. The summed E-state index contributed by atoms with van der Waals surface area (Å²) >= 11 is 1.81. The number of para-hydroxylation sites is 1. The Bertz CT molecular complexity index is 7030. The van der Waals surface area contributed by atoms with Crippen molar-refractivity contribution in [2.75, 3.05) is 9.80 Å². The van der Waals surface area contributed by atoms with Gasteiger partial charge in [0.1, 0.15) is 0 Å². The molecule has 520 valence electrons. The standard InChI is InChI=1S/C104H80BN3S/c1-102(2,3)73-56-83(63-28-14-10-15-29-63)97(84(57-73)64-30-16-11-17-31-64)107-90-62-76(106-89-43-25-24-40-79(89)87-55-72-49-47-69-37-26-38-70-50-52-80(96(87)106)94(72)93(69)70)51-53-88(90)105-95-91(107)60-75(104(7,8)9)61-92(95)108(98-85(65-32-18-12-19-33-65)58-74(103(4,5)6)59-86(98)66-34-20-13-21-35-66)99-81-42-27-41-78(100(81)109-101(99)105)71-48-46-68-45-44-67-36-22-23-39-77(67)82(68)54-71/h10-62H,1-9H3/i51D,53D,62D. The van der Waals surface area contributed by atoms with Gasteiger partial charge < -0.3 is 14.4 Å². The van der Waals surface area contributed by atoms with E-state index in [0.717, 1.165) is 164 Å². The molecule has 0 atom stereocenters. The summed E-state index contributed by atoms with van der Waals surface area (Å²) in [7, 11) is 0. The van der Waals surface area contributed by atoms with Gasteiger partial charge in [0.2, 0.25) is 0 Å². The van der Waals surface area contributed by atoms with Crippen molar-refractivity contribution in [3.63, 3.8) is 0 Å². The van der Waals surface area contributed by atoms with Crippen molar-refractivity contribution in [1.29, 1.82) is 0 Å². The number of anilines is 6. The molecule has 21 rings (SSSR count). The Morgan fingerprint density at radius 3 is 1.39 bits per heavy atom. The number of benzene rings is 17. The van der Waals surface area contributed by atoms with E-state index in [-0.39, 0.29) is 29.0 Å². The topological polar surface area (TPSA) is 11.4 Å². The van der Waals surface area contributed by atoms with Crippen molar-refractivity contribution in [2.24, 2.45) is 0 Å². The van der Waals surface area contributed by atoms with Crippen LogP contribution in [0.2, 0.25) is 0 Å². The highest BCUT2D eigenvalue weighted by atomic mass is 32.1. The van der Waals surface area contributed by atoms with Crippen LogP contribution in [-0.4, -0.2) is 11.3 Å². The van der Waals surface area contributed by atoms with E-state index < -0.39 is 12.1 Å². The Kier molecular flexibility index (Phi) is 13.7. The van der Waals surface area contributed by atoms with E-state index in [4.69, 9.17) is 0 Å². The third-order valence-electron chi connectivity index (χ3n) is 23.6. The first-order chi connectivity index (χ1) is 54.2. The van der Waals surface area contributed by atoms with Crippen LogP contribution in [0.1, 0.15) is 83.1 Å². The molecule has 2 aliphatic heterocycles. The first-order valence-electron chi connectivity index (χ1n) is 39.8. The van der Waals surface area contributed by atoms with Crippen LogP contribution in [0.15, 0.2) is 321 Å². The van der Waals surface area contributed by atoms with Crippen LogP contribution in [0, 0.1) is 0 Å². The predicted octanol–water partition coefficient (Wildman–Crippen LogP) is 27.5. The number of rotatable bonds is 8. The van der Waals surface area contributed by atoms with Gasteiger partial charge in [-0.1, -0.05) is 317 Å². The zero-order valence-electron chi connectivity index (χ0n) is 65.7. The third-order valence-corrected chi connectivity index (χ3v) is 24.9. The van der Waals surface area contributed by atoms with E-state index in [9.17, 15) is 4.11 Å². The molecule has 4 heterocycles. The lowest BCUT2D eigenvalue weighted by Gasteiger charge is -2.46. The molecule has 0 saturated carbocycles. The highest BCUT2D eigenvalue weighted by Gasteiger charge is 2.48. The summed E-state index contributed by atoms with van der Waals surface area (Å²) < 4.78 is 39.6. The Balaban J connectivity index is 0.979. The molecular weight excluding hydrogens is 1330 g/mol. The van der Waals surface area contributed by atoms with Crippen LogP contribution in [-0.2, 0) is 16.2 Å². The molecule has 0 aliphatic carbocycles. The Morgan fingerprint density at radius 2 is 0.789 bits per heavy atom. The van der Waals surface area contributed by atoms with Crippen molar-refractivity contribution in [2.45, 2.75) is 78.6 Å². The van der Waals surface area contributed by atoms with E-state index >= 15 is 0 Å². The molecule has 17 aromatic carbocycles. The van der Waals surface area contributed by atoms with E-state index in [0.29, 0.717) is 16.8 Å². The maximum absolute atomic E-state index is 12.1. The Labute approximate surface area is 645 Å². The van der Waals surface area contributed by atoms with Crippen molar-refractivity contribution in [3.8, 4) is 61.3 Å². The van der Waals surface area contributed by atoms with E-state index in [1.165, 1.54) is 32.5 Å². The van der Waals surface area contributed by atoms with Gasteiger partial charge >= 0.3 is 0 Å². The van der Waals surface area contributed by atoms with Crippen molar-refractivity contribution < 1.29 is 4.11 Å². The molecular formula is C104H80BN3S. The first kappa shape index (κ1) is 61.8. The smallest absolute Gasteiger partial charge is 0.264 e. The highest BCUT2D eigenvalue weighted by Crippen LogP contribution is 2.58. The van der Waals surface area contributed by atoms with E-state index in [1.807, 2.05) is 11.3 Å². The summed E-state index contributed by atoms with van der Waals surface area (Å²) in [5.74, 6) is 0. The molecule has 0 fully saturated rings. The number of hydrogen-bond donors (Lipinski definition) is 0. The Morgan fingerprint density at radius 1 is 0.321 bits per heavy atom. The van der Waals surface area contributed by atoms with Crippen LogP contribution in [0.25, 0.3) is 147 Å². The van der Waals surface area contributed by atoms with Gasteiger partial charge in [0.25, 0.3) is 6.71 Å². The molecule has 2 aromatic heterocycles. The Hall–Kier alpha value is -12.3. The second-order valence-electron chi connectivity index (χ2n) is 33.3.